The Morgan fingerprint density at radius 1 is 1.50 bits per heavy atom. The van der Waals surface area contributed by atoms with Gasteiger partial charge in [-0.15, -0.1) is 0 Å². The van der Waals surface area contributed by atoms with Crippen LogP contribution in [-0.4, -0.2) is 11.1 Å². The lowest BCUT2D eigenvalue weighted by molar-refractivity contribution is -0.132. The maximum absolute atomic E-state index is 12.8. The highest BCUT2D eigenvalue weighted by atomic mass is 19.1. The van der Waals surface area contributed by atoms with Crippen molar-refractivity contribution in [1.82, 2.24) is 0 Å². The van der Waals surface area contributed by atoms with Crippen LogP contribution in [-0.2, 0) is 4.79 Å². The summed E-state index contributed by atoms with van der Waals surface area (Å²) in [6.45, 7) is 3.28. The standard InChI is InChI=1S/C11H11FO2/c1-7-3-4-10(12)6-9(7)5-8(2)11(13)14/h3-6H,1-2H3,(H,13,14)/b8-5+. The molecule has 0 atom stereocenters. The Kier molecular flexibility index (Phi) is 3.02. The zero-order valence-corrected chi connectivity index (χ0v) is 8.04. The molecule has 1 aromatic rings. The summed E-state index contributed by atoms with van der Waals surface area (Å²) in [6.07, 6.45) is 1.46. The molecule has 1 rings (SSSR count). The molecule has 0 bridgehead atoms. The van der Waals surface area contributed by atoms with Gasteiger partial charge in [0.1, 0.15) is 5.82 Å². The number of hydrogen-bond donors (Lipinski definition) is 1. The zero-order valence-electron chi connectivity index (χ0n) is 8.04. The number of hydrogen-bond acceptors (Lipinski definition) is 1. The van der Waals surface area contributed by atoms with E-state index in [0.29, 0.717) is 5.56 Å². The normalized spacial score (nSPS) is 11.5. The van der Waals surface area contributed by atoms with Gasteiger partial charge in [0, 0.05) is 5.57 Å². The largest absolute Gasteiger partial charge is 0.478 e. The summed E-state index contributed by atoms with van der Waals surface area (Å²) in [7, 11) is 0. The Balaban J connectivity index is 3.13. The van der Waals surface area contributed by atoms with E-state index < -0.39 is 5.97 Å². The molecule has 1 N–H and O–H groups in total. The first-order valence-corrected chi connectivity index (χ1v) is 4.18. The average molecular weight is 194 g/mol. The number of halogens is 1. The molecule has 1 aromatic carbocycles. The fraction of sp³-hybridized carbons (Fsp3) is 0.182. The summed E-state index contributed by atoms with van der Waals surface area (Å²) in [6, 6.07) is 4.29. The number of aliphatic carboxylic acids is 1. The van der Waals surface area contributed by atoms with E-state index in [-0.39, 0.29) is 11.4 Å². The van der Waals surface area contributed by atoms with E-state index in [1.165, 1.54) is 25.1 Å². The van der Waals surface area contributed by atoms with Gasteiger partial charge in [-0.1, -0.05) is 6.07 Å². The molecule has 2 nitrogen and oxygen atoms in total. The highest BCUT2D eigenvalue weighted by molar-refractivity contribution is 5.91. The van der Waals surface area contributed by atoms with Gasteiger partial charge in [-0.05, 0) is 43.2 Å². The molecule has 0 aliphatic rings. The lowest BCUT2D eigenvalue weighted by Crippen LogP contribution is -1.96. The summed E-state index contributed by atoms with van der Waals surface area (Å²) in [5, 5.41) is 8.64. The molecule has 0 aromatic heterocycles. The van der Waals surface area contributed by atoms with Crippen LogP contribution in [0.25, 0.3) is 6.08 Å². The van der Waals surface area contributed by atoms with Gasteiger partial charge in [0.15, 0.2) is 0 Å². The number of carbonyl (C=O) groups is 1. The maximum Gasteiger partial charge on any atom is 0.331 e. The van der Waals surface area contributed by atoms with Crippen molar-refractivity contribution in [2.45, 2.75) is 13.8 Å². The van der Waals surface area contributed by atoms with Gasteiger partial charge in [-0.25, -0.2) is 9.18 Å². The molecular formula is C11H11FO2. The maximum atomic E-state index is 12.8. The van der Waals surface area contributed by atoms with Crippen LogP contribution in [0.1, 0.15) is 18.1 Å². The van der Waals surface area contributed by atoms with Crippen LogP contribution >= 0.6 is 0 Å². The molecule has 14 heavy (non-hydrogen) atoms. The second kappa shape index (κ2) is 4.05. The summed E-state index contributed by atoms with van der Waals surface area (Å²) >= 11 is 0. The third-order valence-electron chi connectivity index (χ3n) is 1.95. The number of benzene rings is 1. The van der Waals surface area contributed by atoms with E-state index >= 15 is 0 Å². The Hall–Kier alpha value is -1.64. The molecule has 0 saturated heterocycles. The van der Waals surface area contributed by atoms with Gasteiger partial charge < -0.3 is 5.11 Å². The summed E-state index contributed by atoms with van der Waals surface area (Å²) in [4.78, 5) is 10.5. The summed E-state index contributed by atoms with van der Waals surface area (Å²) in [5.74, 6) is -1.35. The fourth-order valence-corrected chi connectivity index (χ4v) is 1.06. The van der Waals surface area contributed by atoms with Gasteiger partial charge in [-0.3, -0.25) is 0 Å². The van der Waals surface area contributed by atoms with Crippen LogP contribution in [0.15, 0.2) is 23.8 Å². The third kappa shape index (κ3) is 2.42. The predicted octanol–water partition coefficient (Wildman–Crippen LogP) is 2.62. The lowest BCUT2D eigenvalue weighted by Gasteiger charge is -2.01. The Morgan fingerprint density at radius 3 is 2.71 bits per heavy atom. The van der Waals surface area contributed by atoms with Crippen molar-refractivity contribution in [2.75, 3.05) is 0 Å². The van der Waals surface area contributed by atoms with Crippen molar-refractivity contribution in [1.29, 1.82) is 0 Å². The summed E-state index contributed by atoms with van der Waals surface area (Å²) in [5.41, 5.74) is 1.65. The van der Waals surface area contributed by atoms with E-state index in [1.807, 2.05) is 0 Å². The van der Waals surface area contributed by atoms with Crippen LogP contribution in [0.3, 0.4) is 0 Å². The van der Waals surface area contributed by atoms with Crippen LogP contribution in [0.5, 0.6) is 0 Å². The van der Waals surface area contributed by atoms with Gasteiger partial charge in [0.05, 0.1) is 0 Å². The van der Waals surface area contributed by atoms with Gasteiger partial charge in [0.25, 0.3) is 0 Å². The second-order valence-corrected chi connectivity index (χ2v) is 3.13. The molecule has 74 valence electrons. The van der Waals surface area contributed by atoms with Crippen molar-refractivity contribution in [3.05, 3.63) is 40.7 Å². The minimum absolute atomic E-state index is 0.193. The highest BCUT2D eigenvalue weighted by Crippen LogP contribution is 2.14. The molecule has 0 aliphatic heterocycles. The molecule has 0 radical (unpaired) electrons. The molecule has 3 heteroatoms. The lowest BCUT2D eigenvalue weighted by atomic mass is 10.1. The minimum atomic E-state index is -0.992. The average Bonchev–Trinajstić information content (AvgIpc) is 2.11. The van der Waals surface area contributed by atoms with Crippen LogP contribution in [0, 0.1) is 12.7 Å². The monoisotopic (exact) mass is 194 g/mol. The van der Waals surface area contributed by atoms with Crippen LogP contribution in [0.2, 0.25) is 0 Å². The molecule has 0 spiro atoms. The SMILES string of the molecule is C/C(=C\c1cc(F)ccc1C)C(=O)O. The van der Waals surface area contributed by atoms with E-state index in [0.717, 1.165) is 5.56 Å². The number of rotatable bonds is 2. The molecule has 0 fully saturated rings. The number of carboxylic acid groups (broad SMARTS) is 1. The topological polar surface area (TPSA) is 37.3 Å². The van der Waals surface area contributed by atoms with Crippen molar-refractivity contribution in [3.8, 4) is 0 Å². The molecular weight excluding hydrogens is 183 g/mol. The predicted molar refractivity (Wildman–Crippen MR) is 52.4 cm³/mol. The smallest absolute Gasteiger partial charge is 0.331 e. The Morgan fingerprint density at radius 2 is 2.14 bits per heavy atom. The number of aryl methyl sites for hydroxylation is 1. The fourth-order valence-electron chi connectivity index (χ4n) is 1.06. The van der Waals surface area contributed by atoms with Gasteiger partial charge in [0.2, 0.25) is 0 Å². The van der Waals surface area contributed by atoms with E-state index in [9.17, 15) is 9.18 Å². The van der Waals surface area contributed by atoms with Crippen molar-refractivity contribution in [2.24, 2.45) is 0 Å². The molecule has 0 amide bonds. The first kappa shape index (κ1) is 10.4. The van der Waals surface area contributed by atoms with Crippen LogP contribution < -0.4 is 0 Å². The highest BCUT2D eigenvalue weighted by Gasteiger charge is 2.02. The van der Waals surface area contributed by atoms with E-state index in [4.69, 9.17) is 5.11 Å². The van der Waals surface area contributed by atoms with Crippen molar-refractivity contribution < 1.29 is 14.3 Å². The zero-order chi connectivity index (χ0) is 10.7. The molecule has 0 saturated carbocycles. The first-order chi connectivity index (χ1) is 6.50. The quantitative estimate of drug-likeness (QED) is 0.735. The van der Waals surface area contributed by atoms with Crippen molar-refractivity contribution in [3.63, 3.8) is 0 Å². The van der Waals surface area contributed by atoms with Gasteiger partial charge in [-0.2, -0.15) is 0 Å². The summed E-state index contributed by atoms with van der Waals surface area (Å²) < 4.78 is 12.8. The first-order valence-electron chi connectivity index (χ1n) is 4.18. The van der Waals surface area contributed by atoms with Crippen LogP contribution in [0.4, 0.5) is 4.39 Å². The van der Waals surface area contributed by atoms with Gasteiger partial charge >= 0.3 is 5.97 Å². The van der Waals surface area contributed by atoms with Crippen molar-refractivity contribution >= 4 is 12.0 Å². The molecule has 0 heterocycles. The second-order valence-electron chi connectivity index (χ2n) is 3.13. The number of carboxylic acids is 1. The van der Waals surface area contributed by atoms with E-state index in [2.05, 4.69) is 0 Å². The molecule has 0 unspecified atom stereocenters. The molecule has 0 aliphatic carbocycles. The third-order valence-corrected chi connectivity index (χ3v) is 1.95. The Labute approximate surface area is 81.7 Å². The minimum Gasteiger partial charge on any atom is -0.478 e. The Bertz CT molecular complexity index is 394. The van der Waals surface area contributed by atoms with E-state index in [1.54, 1.807) is 13.0 Å².